The molecule has 3 heterocycles. The Morgan fingerprint density at radius 2 is 2.25 bits per heavy atom. The van der Waals surface area contributed by atoms with E-state index in [1.807, 2.05) is 40.8 Å². The molecule has 0 aliphatic carbocycles. The van der Waals surface area contributed by atoms with Gasteiger partial charge in [-0.25, -0.2) is 4.98 Å². The minimum atomic E-state index is -0.718. The van der Waals surface area contributed by atoms with Gasteiger partial charge in [-0.3, -0.25) is 9.69 Å². The lowest BCUT2D eigenvalue weighted by molar-refractivity contribution is -0.144. The molecule has 2 aromatic heterocycles. The predicted molar refractivity (Wildman–Crippen MR) is 75.6 cm³/mol. The highest BCUT2D eigenvalue weighted by molar-refractivity contribution is 5.73. The van der Waals surface area contributed by atoms with Gasteiger partial charge in [-0.15, -0.1) is 0 Å². The number of hydrogen-bond donors (Lipinski definition) is 1. The first kappa shape index (κ1) is 13.1. The smallest absolute Gasteiger partial charge is 0.320 e. The van der Waals surface area contributed by atoms with E-state index in [0.717, 1.165) is 37.1 Å². The molecule has 1 unspecified atom stereocenters. The summed E-state index contributed by atoms with van der Waals surface area (Å²) in [4.78, 5) is 17.9. The summed E-state index contributed by atoms with van der Waals surface area (Å²) in [6.45, 7) is 3.49. The van der Waals surface area contributed by atoms with E-state index in [4.69, 9.17) is 0 Å². The maximum atomic E-state index is 11.3. The number of nitrogens with zero attached hydrogens (tertiary/aromatic N) is 3. The molecule has 1 atom stereocenters. The lowest BCUT2D eigenvalue weighted by atomic mass is 10.0. The highest BCUT2D eigenvalue weighted by Gasteiger charge is 2.28. The van der Waals surface area contributed by atoms with Crippen LogP contribution < -0.4 is 0 Å². The van der Waals surface area contributed by atoms with Crippen LogP contribution in [0.5, 0.6) is 0 Å². The fourth-order valence-corrected chi connectivity index (χ4v) is 2.90. The van der Waals surface area contributed by atoms with E-state index in [1.54, 1.807) is 0 Å². The number of piperidine rings is 1. The number of aromatic nitrogens is 2. The van der Waals surface area contributed by atoms with Crippen molar-refractivity contribution in [2.24, 2.45) is 0 Å². The molecular weight excluding hydrogens is 254 g/mol. The van der Waals surface area contributed by atoms with E-state index in [9.17, 15) is 9.90 Å². The standard InChI is InChI=1S/C15H19N3O2/c1-11-5-6-14-16-12(10-18(14)8-11)9-17-7-3-2-4-13(17)15(19)20/h5-6,8,10,13H,2-4,7,9H2,1H3,(H,19,20). The summed E-state index contributed by atoms with van der Waals surface area (Å²) < 4.78 is 2.00. The van der Waals surface area contributed by atoms with Crippen molar-refractivity contribution in [3.05, 3.63) is 35.8 Å². The summed E-state index contributed by atoms with van der Waals surface area (Å²) in [5, 5.41) is 9.30. The molecule has 0 saturated carbocycles. The first-order chi connectivity index (χ1) is 9.63. The predicted octanol–water partition coefficient (Wildman–Crippen LogP) is 2.08. The summed E-state index contributed by atoms with van der Waals surface area (Å²) in [5.74, 6) is -0.718. The lowest BCUT2D eigenvalue weighted by Gasteiger charge is -2.32. The highest BCUT2D eigenvalue weighted by atomic mass is 16.4. The Morgan fingerprint density at radius 1 is 1.40 bits per heavy atom. The second-order valence-electron chi connectivity index (χ2n) is 5.52. The van der Waals surface area contributed by atoms with Crippen LogP contribution in [0.15, 0.2) is 24.5 Å². The summed E-state index contributed by atoms with van der Waals surface area (Å²) >= 11 is 0. The number of imidazole rings is 1. The molecule has 0 amide bonds. The molecule has 1 N–H and O–H groups in total. The molecule has 3 rings (SSSR count). The van der Waals surface area contributed by atoms with Crippen LogP contribution in [0.25, 0.3) is 5.65 Å². The van der Waals surface area contributed by atoms with Gasteiger partial charge in [0.2, 0.25) is 0 Å². The van der Waals surface area contributed by atoms with Gasteiger partial charge in [0.1, 0.15) is 11.7 Å². The van der Waals surface area contributed by atoms with Crippen molar-refractivity contribution >= 4 is 11.6 Å². The third-order valence-corrected chi connectivity index (χ3v) is 3.91. The summed E-state index contributed by atoms with van der Waals surface area (Å²) in [5.41, 5.74) is 3.03. The zero-order valence-electron chi connectivity index (χ0n) is 11.6. The van der Waals surface area contributed by atoms with E-state index in [-0.39, 0.29) is 6.04 Å². The van der Waals surface area contributed by atoms with E-state index in [1.165, 1.54) is 5.56 Å². The van der Waals surface area contributed by atoms with E-state index >= 15 is 0 Å². The molecule has 0 bridgehead atoms. The van der Waals surface area contributed by atoms with Crippen LogP contribution in [0.1, 0.15) is 30.5 Å². The zero-order chi connectivity index (χ0) is 14.1. The number of pyridine rings is 1. The molecule has 0 radical (unpaired) electrons. The number of carboxylic acids is 1. The first-order valence-corrected chi connectivity index (χ1v) is 7.04. The normalized spacial score (nSPS) is 20.4. The maximum absolute atomic E-state index is 11.3. The average Bonchev–Trinajstić information content (AvgIpc) is 2.80. The molecule has 106 valence electrons. The van der Waals surface area contributed by atoms with Crippen LogP contribution in [0.2, 0.25) is 0 Å². The van der Waals surface area contributed by atoms with Crippen molar-refractivity contribution in [1.82, 2.24) is 14.3 Å². The molecule has 0 spiro atoms. The molecule has 1 aliphatic rings. The molecule has 5 heteroatoms. The van der Waals surface area contributed by atoms with Crippen molar-refractivity contribution in [1.29, 1.82) is 0 Å². The van der Waals surface area contributed by atoms with Crippen LogP contribution in [-0.4, -0.2) is 37.9 Å². The van der Waals surface area contributed by atoms with Crippen LogP contribution in [-0.2, 0) is 11.3 Å². The molecule has 1 saturated heterocycles. The van der Waals surface area contributed by atoms with Crippen LogP contribution in [0.4, 0.5) is 0 Å². The van der Waals surface area contributed by atoms with Gasteiger partial charge in [-0.05, 0) is 37.9 Å². The SMILES string of the molecule is Cc1ccc2nc(CN3CCCCC3C(=O)O)cn2c1. The van der Waals surface area contributed by atoms with Crippen molar-refractivity contribution in [3.8, 4) is 0 Å². The van der Waals surface area contributed by atoms with Gasteiger partial charge in [-0.1, -0.05) is 12.5 Å². The Bertz CT molecular complexity index is 635. The van der Waals surface area contributed by atoms with E-state index in [0.29, 0.717) is 6.54 Å². The third kappa shape index (κ3) is 2.54. The number of fused-ring (bicyclic) bond motifs is 1. The van der Waals surface area contributed by atoms with Crippen LogP contribution in [0.3, 0.4) is 0 Å². The molecule has 2 aromatic rings. The lowest BCUT2D eigenvalue weighted by Crippen LogP contribution is -2.44. The number of carbonyl (C=O) groups is 1. The van der Waals surface area contributed by atoms with Crippen LogP contribution in [0, 0.1) is 6.92 Å². The van der Waals surface area contributed by atoms with Gasteiger partial charge in [0.25, 0.3) is 0 Å². The monoisotopic (exact) mass is 273 g/mol. The number of aliphatic carboxylic acids is 1. The number of rotatable bonds is 3. The quantitative estimate of drug-likeness (QED) is 0.930. The number of likely N-dealkylation sites (tertiary alicyclic amines) is 1. The van der Waals surface area contributed by atoms with Crippen molar-refractivity contribution in [3.63, 3.8) is 0 Å². The van der Waals surface area contributed by atoms with Gasteiger partial charge in [0, 0.05) is 18.9 Å². The Morgan fingerprint density at radius 3 is 3.05 bits per heavy atom. The molecule has 1 aliphatic heterocycles. The zero-order valence-corrected chi connectivity index (χ0v) is 11.6. The van der Waals surface area contributed by atoms with Gasteiger partial charge in [-0.2, -0.15) is 0 Å². The highest BCUT2D eigenvalue weighted by Crippen LogP contribution is 2.20. The maximum Gasteiger partial charge on any atom is 0.320 e. The van der Waals surface area contributed by atoms with Gasteiger partial charge in [0.05, 0.1) is 5.69 Å². The van der Waals surface area contributed by atoms with Gasteiger partial charge in [0.15, 0.2) is 0 Å². The van der Waals surface area contributed by atoms with E-state index < -0.39 is 5.97 Å². The second-order valence-corrected chi connectivity index (χ2v) is 5.52. The minimum Gasteiger partial charge on any atom is -0.480 e. The average molecular weight is 273 g/mol. The number of hydrogen-bond acceptors (Lipinski definition) is 3. The molecule has 0 aromatic carbocycles. The van der Waals surface area contributed by atoms with Crippen LogP contribution >= 0.6 is 0 Å². The fourth-order valence-electron chi connectivity index (χ4n) is 2.90. The van der Waals surface area contributed by atoms with Crippen molar-refractivity contribution in [2.75, 3.05) is 6.54 Å². The Labute approximate surface area is 117 Å². The summed E-state index contributed by atoms with van der Waals surface area (Å²) in [7, 11) is 0. The Kier molecular flexibility index (Phi) is 3.44. The fraction of sp³-hybridized carbons (Fsp3) is 0.467. The Balaban J connectivity index is 1.82. The molecule has 1 fully saturated rings. The largest absolute Gasteiger partial charge is 0.480 e. The Hall–Kier alpha value is -1.88. The van der Waals surface area contributed by atoms with Crippen molar-refractivity contribution in [2.45, 2.75) is 38.8 Å². The van der Waals surface area contributed by atoms with Gasteiger partial charge < -0.3 is 9.51 Å². The second kappa shape index (κ2) is 5.25. The third-order valence-electron chi connectivity index (χ3n) is 3.91. The van der Waals surface area contributed by atoms with E-state index in [2.05, 4.69) is 4.98 Å². The molecule has 5 nitrogen and oxygen atoms in total. The summed E-state index contributed by atoms with van der Waals surface area (Å²) in [6, 6.07) is 3.66. The number of carboxylic acid groups (broad SMARTS) is 1. The van der Waals surface area contributed by atoms with Crippen molar-refractivity contribution < 1.29 is 9.90 Å². The molecular formula is C15H19N3O2. The minimum absolute atomic E-state index is 0.365. The summed E-state index contributed by atoms with van der Waals surface area (Å²) in [6.07, 6.45) is 6.84. The first-order valence-electron chi connectivity index (χ1n) is 7.04. The molecule has 20 heavy (non-hydrogen) atoms. The topological polar surface area (TPSA) is 57.8 Å². The van der Waals surface area contributed by atoms with Gasteiger partial charge >= 0.3 is 5.97 Å². The number of aryl methyl sites for hydroxylation is 1.